The van der Waals surface area contributed by atoms with Gasteiger partial charge >= 0.3 is 0 Å². The topological polar surface area (TPSA) is 60.0 Å². The number of hydrogen-bond donors (Lipinski definition) is 1. The van der Waals surface area contributed by atoms with E-state index in [1.54, 1.807) is 7.05 Å². The predicted octanol–water partition coefficient (Wildman–Crippen LogP) is 2.62. The number of halogens is 1. The van der Waals surface area contributed by atoms with Crippen LogP contribution in [0.5, 0.6) is 17.2 Å². The molecule has 26 heavy (non-hydrogen) atoms. The average Bonchev–Trinajstić information content (AvgIpc) is 2.67. The van der Waals surface area contributed by atoms with Crippen LogP contribution in [0.15, 0.2) is 36.4 Å². The summed E-state index contributed by atoms with van der Waals surface area (Å²) in [5.41, 5.74) is 1.92. The van der Waals surface area contributed by atoms with Crippen LogP contribution in [0, 0.1) is 0 Å². The summed E-state index contributed by atoms with van der Waals surface area (Å²) in [5, 5.41) is 3.18. The fourth-order valence-corrected chi connectivity index (χ4v) is 3.52. The number of carbonyl (C=O) groups excluding carboxylic acids is 1. The first-order valence-corrected chi connectivity index (χ1v) is 8.84. The standard InChI is InChI=1S/C19H19ClN2O4/c1-21-19(23)17-11-22(14-4-2-3-5-15(14)26-17)10-12-8-13(20)18-16(9-12)24-6-7-25-18/h2-5,8-9,17H,6-7,10-11H2,1H3,(H,21,23)/t17-/m1/s1. The van der Waals surface area contributed by atoms with E-state index in [-0.39, 0.29) is 5.91 Å². The van der Waals surface area contributed by atoms with E-state index in [0.717, 1.165) is 11.3 Å². The number of ether oxygens (including phenoxy) is 3. The van der Waals surface area contributed by atoms with Crippen molar-refractivity contribution >= 4 is 23.2 Å². The summed E-state index contributed by atoms with van der Waals surface area (Å²) in [7, 11) is 1.61. The van der Waals surface area contributed by atoms with Gasteiger partial charge in [-0.1, -0.05) is 23.7 Å². The number of fused-ring (bicyclic) bond motifs is 2. The first-order valence-electron chi connectivity index (χ1n) is 8.46. The maximum absolute atomic E-state index is 12.1. The Kier molecular flexibility index (Phi) is 4.51. The van der Waals surface area contributed by atoms with Gasteiger partial charge in [-0.3, -0.25) is 4.79 Å². The van der Waals surface area contributed by atoms with E-state index in [1.165, 1.54) is 0 Å². The van der Waals surface area contributed by atoms with Crippen LogP contribution in [-0.2, 0) is 11.3 Å². The largest absolute Gasteiger partial charge is 0.486 e. The quantitative estimate of drug-likeness (QED) is 0.895. The van der Waals surface area contributed by atoms with E-state index in [0.29, 0.717) is 48.6 Å². The number of likely N-dealkylation sites (N-methyl/N-ethyl adjacent to an activating group) is 1. The molecule has 2 heterocycles. The minimum atomic E-state index is -0.567. The lowest BCUT2D eigenvalue weighted by atomic mass is 10.1. The average molecular weight is 375 g/mol. The van der Waals surface area contributed by atoms with Crippen molar-refractivity contribution in [1.29, 1.82) is 0 Å². The van der Waals surface area contributed by atoms with Gasteiger partial charge in [0.2, 0.25) is 0 Å². The Morgan fingerprint density at radius 1 is 1.23 bits per heavy atom. The van der Waals surface area contributed by atoms with Crippen molar-refractivity contribution in [2.45, 2.75) is 12.6 Å². The van der Waals surface area contributed by atoms with E-state index in [1.807, 2.05) is 36.4 Å². The second kappa shape index (κ2) is 6.96. The first kappa shape index (κ1) is 16.8. The smallest absolute Gasteiger partial charge is 0.262 e. The Labute approximate surface area is 156 Å². The van der Waals surface area contributed by atoms with Crippen LogP contribution in [0.1, 0.15) is 5.56 Å². The third-order valence-corrected chi connectivity index (χ3v) is 4.71. The summed E-state index contributed by atoms with van der Waals surface area (Å²) in [6, 6.07) is 11.5. The summed E-state index contributed by atoms with van der Waals surface area (Å²) in [5.74, 6) is 1.79. The number of hydrogen-bond acceptors (Lipinski definition) is 5. The maximum atomic E-state index is 12.1. The second-order valence-electron chi connectivity index (χ2n) is 6.17. The van der Waals surface area contributed by atoms with Crippen molar-refractivity contribution in [2.75, 3.05) is 31.7 Å². The van der Waals surface area contributed by atoms with Crippen molar-refractivity contribution in [1.82, 2.24) is 5.32 Å². The van der Waals surface area contributed by atoms with Gasteiger partial charge in [0.1, 0.15) is 19.0 Å². The molecule has 136 valence electrons. The second-order valence-corrected chi connectivity index (χ2v) is 6.58. The first-order chi connectivity index (χ1) is 12.7. The number of benzene rings is 2. The molecule has 0 fully saturated rings. The van der Waals surface area contributed by atoms with E-state index >= 15 is 0 Å². The van der Waals surface area contributed by atoms with Gasteiger partial charge in [0.15, 0.2) is 17.6 Å². The molecule has 6 nitrogen and oxygen atoms in total. The van der Waals surface area contributed by atoms with Crippen LogP contribution in [0.3, 0.4) is 0 Å². The maximum Gasteiger partial charge on any atom is 0.262 e. The van der Waals surface area contributed by atoms with Gasteiger partial charge in [0.05, 0.1) is 17.3 Å². The Morgan fingerprint density at radius 3 is 2.88 bits per heavy atom. The SMILES string of the molecule is CNC(=O)[C@H]1CN(Cc2cc(Cl)c3c(c2)OCCO3)c2ccccc2O1. The van der Waals surface area contributed by atoms with Gasteiger partial charge in [-0.15, -0.1) is 0 Å². The zero-order valence-corrected chi connectivity index (χ0v) is 15.1. The molecule has 0 aliphatic carbocycles. The number of nitrogens with one attached hydrogen (secondary N) is 1. The van der Waals surface area contributed by atoms with Crippen molar-refractivity contribution in [2.24, 2.45) is 0 Å². The number of nitrogens with zero attached hydrogens (tertiary/aromatic N) is 1. The van der Waals surface area contributed by atoms with Crippen LogP contribution in [0.2, 0.25) is 5.02 Å². The van der Waals surface area contributed by atoms with Crippen molar-refractivity contribution in [3.05, 3.63) is 47.0 Å². The lowest BCUT2D eigenvalue weighted by molar-refractivity contribution is -0.127. The molecular formula is C19H19ClN2O4. The monoisotopic (exact) mass is 374 g/mol. The molecule has 0 bridgehead atoms. The molecule has 1 amide bonds. The number of carbonyl (C=O) groups is 1. The van der Waals surface area contributed by atoms with Gasteiger partial charge in [0.25, 0.3) is 5.91 Å². The Morgan fingerprint density at radius 2 is 2.04 bits per heavy atom. The number of amides is 1. The Balaban J connectivity index is 1.64. The van der Waals surface area contributed by atoms with E-state index in [4.69, 9.17) is 25.8 Å². The summed E-state index contributed by atoms with van der Waals surface area (Å²) in [4.78, 5) is 14.2. The van der Waals surface area contributed by atoms with Crippen molar-refractivity contribution in [3.8, 4) is 17.2 Å². The van der Waals surface area contributed by atoms with Crippen molar-refractivity contribution < 1.29 is 19.0 Å². The molecule has 7 heteroatoms. The highest BCUT2D eigenvalue weighted by Crippen LogP contribution is 2.40. The predicted molar refractivity (Wildman–Crippen MR) is 98.4 cm³/mol. The number of rotatable bonds is 3. The van der Waals surface area contributed by atoms with Crippen LogP contribution < -0.4 is 24.4 Å². The highest BCUT2D eigenvalue weighted by molar-refractivity contribution is 6.32. The summed E-state index contributed by atoms with van der Waals surface area (Å²) < 4.78 is 17.1. The normalized spacial score (nSPS) is 17.9. The third-order valence-electron chi connectivity index (χ3n) is 4.43. The molecule has 0 radical (unpaired) electrons. The van der Waals surface area contributed by atoms with Crippen LogP contribution in [0.4, 0.5) is 5.69 Å². The summed E-state index contributed by atoms with van der Waals surface area (Å²) in [6.07, 6.45) is -0.567. The number of anilines is 1. The van der Waals surface area contributed by atoms with Crippen molar-refractivity contribution in [3.63, 3.8) is 0 Å². The van der Waals surface area contributed by atoms with E-state index in [2.05, 4.69) is 10.2 Å². The minimum Gasteiger partial charge on any atom is -0.486 e. The Bertz CT molecular complexity index is 842. The molecule has 0 aromatic heterocycles. The third kappa shape index (κ3) is 3.12. The molecule has 2 aliphatic heterocycles. The molecule has 4 rings (SSSR count). The lowest BCUT2D eigenvalue weighted by Gasteiger charge is -2.35. The minimum absolute atomic E-state index is 0.148. The molecule has 0 saturated carbocycles. The molecular weight excluding hydrogens is 356 g/mol. The van der Waals surface area contributed by atoms with E-state index in [9.17, 15) is 4.79 Å². The van der Waals surface area contributed by atoms with Gasteiger partial charge < -0.3 is 24.4 Å². The van der Waals surface area contributed by atoms with E-state index < -0.39 is 6.10 Å². The Hall–Kier alpha value is -2.60. The van der Waals surface area contributed by atoms with Crippen LogP contribution in [-0.4, -0.2) is 38.8 Å². The zero-order valence-electron chi connectivity index (χ0n) is 14.3. The molecule has 2 aliphatic rings. The van der Waals surface area contributed by atoms with Gasteiger partial charge in [-0.25, -0.2) is 0 Å². The zero-order chi connectivity index (χ0) is 18.1. The molecule has 0 unspecified atom stereocenters. The van der Waals surface area contributed by atoms with Crippen LogP contribution >= 0.6 is 11.6 Å². The highest BCUT2D eigenvalue weighted by atomic mass is 35.5. The summed E-state index contributed by atoms with van der Waals surface area (Å²) >= 11 is 6.35. The number of para-hydroxylation sites is 2. The van der Waals surface area contributed by atoms with Gasteiger partial charge in [-0.2, -0.15) is 0 Å². The molecule has 2 aromatic carbocycles. The lowest BCUT2D eigenvalue weighted by Crippen LogP contribution is -2.47. The highest BCUT2D eigenvalue weighted by Gasteiger charge is 2.30. The van der Waals surface area contributed by atoms with Gasteiger partial charge in [-0.05, 0) is 29.8 Å². The molecule has 0 saturated heterocycles. The molecule has 2 aromatic rings. The summed E-state index contributed by atoms with van der Waals surface area (Å²) in [6.45, 7) is 2.02. The van der Waals surface area contributed by atoms with Gasteiger partial charge in [0, 0.05) is 13.6 Å². The molecule has 0 spiro atoms. The molecule has 1 N–H and O–H groups in total. The van der Waals surface area contributed by atoms with Crippen LogP contribution in [0.25, 0.3) is 0 Å². The fourth-order valence-electron chi connectivity index (χ4n) is 3.23. The fraction of sp³-hybridized carbons (Fsp3) is 0.316. The molecule has 1 atom stereocenters.